The quantitative estimate of drug-likeness (QED) is 0.712. The van der Waals surface area contributed by atoms with Crippen LogP contribution in [0.5, 0.6) is 0 Å². The molecule has 0 amide bonds. The Morgan fingerprint density at radius 3 is 2.71 bits per heavy atom. The number of nitrogens with one attached hydrogen (secondary N) is 3. The van der Waals surface area contributed by atoms with E-state index < -0.39 is 9.84 Å². The molecule has 2 fully saturated rings. The summed E-state index contributed by atoms with van der Waals surface area (Å²) in [5.41, 5.74) is 4.48. The van der Waals surface area contributed by atoms with Crippen LogP contribution in [-0.4, -0.2) is 57.1 Å². The van der Waals surface area contributed by atoms with Crippen LogP contribution in [0.25, 0.3) is 0 Å². The Bertz CT molecular complexity index is 645. The number of rotatable bonds is 5. The van der Waals surface area contributed by atoms with Gasteiger partial charge in [-0.15, -0.1) is 0 Å². The minimum Gasteiger partial charge on any atom is -0.288 e. The van der Waals surface area contributed by atoms with Crippen molar-refractivity contribution in [2.75, 3.05) is 32.1 Å². The predicted octanol–water partition coefficient (Wildman–Crippen LogP) is 0.940. The van der Waals surface area contributed by atoms with Crippen molar-refractivity contribution in [3.05, 3.63) is 29.8 Å². The molecule has 0 spiro atoms. The first-order chi connectivity index (χ1) is 11.4. The third-order valence-electron chi connectivity index (χ3n) is 4.46. The highest BCUT2D eigenvalue weighted by Gasteiger charge is 2.26. The van der Waals surface area contributed by atoms with E-state index in [2.05, 4.69) is 21.1 Å². The topological polar surface area (TPSA) is 73.5 Å². The summed E-state index contributed by atoms with van der Waals surface area (Å²) in [5.74, 6) is 1.27. The Kier molecular flexibility index (Phi) is 5.84. The molecule has 0 bridgehead atoms. The fourth-order valence-electron chi connectivity index (χ4n) is 3.15. The van der Waals surface area contributed by atoms with Gasteiger partial charge in [-0.1, -0.05) is 12.1 Å². The number of benzene rings is 1. The molecular weight excluding hydrogens is 344 g/mol. The number of thioether (sulfide) groups is 1. The smallest absolute Gasteiger partial charge is 0.175 e. The molecule has 2 aliphatic heterocycles. The van der Waals surface area contributed by atoms with E-state index in [0.29, 0.717) is 10.1 Å². The number of hydrogen-bond donors (Lipinski definition) is 3. The molecule has 6 nitrogen and oxygen atoms in total. The van der Waals surface area contributed by atoms with Crippen LogP contribution >= 0.6 is 11.8 Å². The van der Waals surface area contributed by atoms with Crippen LogP contribution in [0.2, 0.25) is 0 Å². The molecule has 0 aliphatic carbocycles. The van der Waals surface area contributed by atoms with E-state index in [1.54, 1.807) is 12.1 Å². The minimum absolute atomic E-state index is 0.0181. The molecular formula is C16H26N4O2S2. The molecule has 3 unspecified atom stereocenters. The van der Waals surface area contributed by atoms with Crippen molar-refractivity contribution >= 4 is 21.6 Å². The van der Waals surface area contributed by atoms with Crippen LogP contribution in [0.1, 0.15) is 24.4 Å². The lowest BCUT2D eigenvalue weighted by molar-refractivity contribution is 0.0850. The van der Waals surface area contributed by atoms with Gasteiger partial charge in [0.2, 0.25) is 0 Å². The molecule has 134 valence electrons. The normalized spacial score (nSPS) is 29.0. The lowest BCUT2D eigenvalue weighted by Gasteiger charge is -2.39. The molecule has 1 aromatic carbocycles. The maximum atomic E-state index is 11.6. The average molecular weight is 371 g/mol. The maximum Gasteiger partial charge on any atom is 0.175 e. The zero-order valence-corrected chi connectivity index (χ0v) is 15.8. The van der Waals surface area contributed by atoms with E-state index in [4.69, 9.17) is 0 Å². The largest absolute Gasteiger partial charge is 0.288 e. The second-order valence-corrected chi connectivity index (χ2v) is 9.97. The van der Waals surface area contributed by atoms with Gasteiger partial charge in [0.05, 0.1) is 4.90 Å². The zero-order valence-electron chi connectivity index (χ0n) is 14.2. The molecule has 2 saturated heterocycles. The van der Waals surface area contributed by atoms with Crippen LogP contribution in [0.3, 0.4) is 0 Å². The lowest BCUT2D eigenvalue weighted by atomic mass is 10.1. The van der Waals surface area contributed by atoms with Crippen LogP contribution in [-0.2, 0) is 9.84 Å². The van der Waals surface area contributed by atoms with Crippen molar-refractivity contribution in [2.24, 2.45) is 0 Å². The van der Waals surface area contributed by atoms with Crippen molar-refractivity contribution in [3.8, 4) is 0 Å². The van der Waals surface area contributed by atoms with Gasteiger partial charge in [-0.05, 0) is 36.3 Å². The predicted molar refractivity (Wildman–Crippen MR) is 98.5 cm³/mol. The summed E-state index contributed by atoms with van der Waals surface area (Å²) in [5, 5.41) is 9.89. The first kappa shape index (κ1) is 18.2. The SMILES string of the molecule is CN1CC(c2ccc(S(C)(=O)=O)cc2)NC(NCC2CCCS2)N1. The van der Waals surface area contributed by atoms with Crippen LogP contribution in [0.15, 0.2) is 29.2 Å². The number of hydrazine groups is 1. The van der Waals surface area contributed by atoms with E-state index in [1.165, 1.54) is 24.9 Å². The average Bonchev–Trinajstić information content (AvgIpc) is 3.05. The van der Waals surface area contributed by atoms with Crippen molar-refractivity contribution in [1.29, 1.82) is 0 Å². The third kappa shape index (κ3) is 4.71. The Hall–Kier alpha value is -0.640. The highest BCUT2D eigenvalue weighted by molar-refractivity contribution is 8.00. The van der Waals surface area contributed by atoms with Gasteiger partial charge in [0.1, 0.15) is 6.29 Å². The molecule has 2 heterocycles. The molecule has 3 N–H and O–H groups in total. The lowest BCUT2D eigenvalue weighted by Crippen LogP contribution is -2.65. The first-order valence-electron chi connectivity index (χ1n) is 8.30. The summed E-state index contributed by atoms with van der Waals surface area (Å²) >= 11 is 2.04. The van der Waals surface area contributed by atoms with Crippen molar-refractivity contribution in [3.63, 3.8) is 0 Å². The molecule has 1 aromatic rings. The Morgan fingerprint density at radius 1 is 1.33 bits per heavy atom. The van der Waals surface area contributed by atoms with E-state index in [0.717, 1.165) is 18.7 Å². The Balaban J connectivity index is 1.62. The van der Waals surface area contributed by atoms with Gasteiger partial charge >= 0.3 is 0 Å². The molecule has 0 radical (unpaired) electrons. The van der Waals surface area contributed by atoms with Crippen molar-refractivity contribution < 1.29 is 8.42 Å². The molecule has 8 heteroatoms. The summed E-state index contributed by atoms with van der Waals surface area (Å²) in [7, 11) is -1.12. The Labute approximate surface area is 148 Å². The second-order valence-electron chi connectivity index (χ2n) is 6.55. The number of sulfone groups is 1. The maximum absolute atomic E-state index is 11.6. The summed E-state index contributed by atoms with van der Waals surface area (Å²) in [6, 6.07) is 7.32. The minimum atomic E-state index is -3.15. The highest BCUT2D eigenvalue weighted by atomic mass is 32.2. The number of hydrogen-bond acceptors (Lipinski definition) is 7. The van der Waals surface area contributed by atoms with Gasteiger partial charge in [0.15, 0.2) is 9.84 Å². The fraction of sp³-hybridized carbons (Fsp3) is 0.625. The van der Waals surface area contributed by atoms with E-state index in [9.17, 15) is 8.42 Å². The molecule has 0 aromatic heterocycles. The summed E-state index contributed by atoms with van der Waals surface area (Å²) in [4.78, 5) is 0.362. The highest BCUT2D eigenvalue weighted by Crippen LogP contribution is 2.25. The summed E-state index contributed by atoms with van der Waals surface area (Å²) in [6.45, 7) is 1.80. The van der Waals surface area contributed by atoms with Crippen LogP contribution < -0.4 is 16.1 Å². The molecule has 3 rings (SSSR count). The second kappa shape index (κ2) is 7.72. The van der Waals surface area contributed by atoms with Gasteiger partial charge in [-0.3, -0.25) is 10.6 Å². The van der Waals surface area contributed by atoms with Crippen LogP contribution in [0, 0.1) is 0 Å². The number of nitrogens with zero attached hydrogens (tertiary/aromatic N) is 1. The van der Waals surface area contributed by atoms with Gasteiger partial charge in [0.25, 0.3) is 0 Å². The molecule has 2 aliphatic rings. The van der Waals surface area contributed by atoms with Crippen molar-refractivity contribution in [2.45, 2.75) is 35.3 Å². The zero-order chi connectivity index (χ0) is 17.2. The van der Waals surface area contributed by atoms with Gasteiger partial charge < -0.3 is 0 Å². The van der Waals surface area contributed by atoms with Crippen LogP contribution in [0.4, 0.5) is 0 Å². The summed E-state index contributed by atoms with van der Waals surface area (Å²) in [6.07, 6.45) is 3.86. The van der Waals surface area contributed by atoms with Gasteiger partial charge in [-0.2, -0.15) is 11.8 Å². The molecule has 3 atom stereocenters. The third-order valence-corrected chi connectivity index (χ3v) is 6.98. The van der Waals surface area contributed by atoms with E-state index in [1.807, 2.05) is 30.9 Å². The standard InChI is InChI=1S/C16H26N4O2S2/c1-20-11-15(12-5-7-14(8-6-12)24(2,21)22)18-16(19-20)17-10-13-4-3-9-23-13/h5-8,13,15-19H,3-4,9-11H2,1-2H3. The fourth-order valence-corrected chi connectivity index (χ4v) is 4.99. The Morgan fingerprint density at radius 2 is 2.08 bits per heavy atom. The van der Waals surface area contributed by atoms with E-state index >= 15 is 0 Å². The molecule has 24 heavy (non-hydrogen) atoms. The molecule has 0 saturated carbocycles. The van der Waals surface area contributed by atoms with Gasteiger partial charge in [0, 0.05) is 37.7 Å². The van der Waals surface area contributed by atoms with Gasteiger partial charge in [-0.25, -0.2) is 18.9 Å². The monoisotopic (exact) mass is 370 g/mol. The van der Waals surface area contributed by atoms with Crippen molar-refractivity contribution in [1.82, 2.24) is 21.1 Å². The summed E-state index contributed by atoms with van der Waals surface area (Å²) < 4.78 is 23.2. The first-order valence-corrected chi connectivity index (χ1v) is 11.2. The number of likely N-dealkylation sites (N-methyl/N-ethyl adjacent to an activating group) is 1. The van der Waals surface area contributed by atoms with E-state index in [-0.39, 0.29) is 12.3 Å².